The first kappa shape index (κ1) is 19.9. The van der Waals surface area contributed by atoms with Gasteiger partial charge < -0.3 is 5.32 Å². The van der Waals surface area contributed by atoms with E-state index in [0.717, 1.165) is 26.5 Å². The van der Waals surface area contributed by atoms with Gasteiger partial charge in [-0.15, -0.1) is 0 Å². The molecule has 0 fully saturated rings. The van der Waals surface area contributed by atoms with Crippen molar-refractivity contribution < 1.29 is 4.79 Å². The topological polar surface area (TPSA) is 89.8 Å². The largest absolute Gasteiger partial charge is 0.324 e. The van der Waals surface area contributed by atoms with E-state index in [2.05, 4.69) is 20.3 Å². The molecule has 0 saturated carbocycles. The summed E-state index contributed by atoms with van der Waals surface area (Å²) in [5, 5.41) is 3.75. The van der Waals surface area contributed by atoms with Crippen molar-refractivity contribution in [2.24, 2.45) is 0 Å². The molecule has 4 rings (SSSR count). The summed E-state index contributed by atoms with van der Waals surface area (Å²) in [5.74, 6) is -0.133. The molecule has 0 aliphatic heterocycles. The van der Waals surface area contributed by atoms with E-state index in [1.54, 1.807) is 6.20 Å². The molecule has 0 saturated heterocycles. The van der Waals surface area contributed by atoms with Gasteiger partial charge in [0.05, 0.1) is 12.0 Å². The molecule has 0 spiro atoms. The third-order valence-electron chi connectivity index (χ3n) is 4.81. The first-order valence-electron chi connectivity index (χ1n) is 9.60. The van der Waals surface area contributed by atoms with Crippen LogP contribution >= 0.6 is 11.3 Å². The first-order valence-corrected chi connectivity index (χ1v) is 10.4. The van der Waals surface area contributed by atoms with E-state index in [-0.39, 0.29) is 23.9 Å². The van der Waals surface area contributed by atoms with Crippen LogP contribution in [0.15, 0.2) is 53.7 Å². The molecular formula is C22H21N5O2S. The van der Waals surface area contributed by atoms with E-state index in [0.29, 0.717) is 11.4 Å². The summed E-state index contributed by atoms with van der Waals surface area (Å²) in [6.07, 6.45) is 3.17. The number of fused-ring (bicyclic) bond motifs is 1. The van der Waals surface area contributed by atoms with Crippen molar-refractivity contribution in [2.45, 2.75) is 33.2 Å². The molecule has 3 aromatic heterocycles. The number of aromatic nitrogens is 4. The van der Waals surface area contributed by atoms with Crippen molar-refractivity contribution in [1.29, 1.82) is 0 Å². The van der Waals surface area contributed by atoms with E-state index in [4.69, 9.17) is 0 Å². The summed E-state index contributed by atoms with van der Waals surface area (Å²) in [7, 11) is 0. The zero-order valence-corrected chi connectivity index (χ0v) is 17.7. The lowest BCUT2D eigenvalue weighted by atomic mass is 10.1. The van der Waals surface area contributed by atoms with Gasteiger partial charge in [0.1, 0.15) is 21.9 Å². The lowest BCUT2D eigenvalue weighted by molar-refractivity contribution is -0.116. The molecule has 30 heavy (non-hydrogen) atoms. The minimum Gasteiger partial charge on any atom is -0.324 e. The molecule has 0 radical (unpaired) electrons. The molecule has 1 N–H and O–H groups in total. The highest BCUT2D eigenvalue weighted by Gasteiger charge is 2.14. The molecule has 7 nitrogen and oxygen atoms in total. The van der Waals surface area contributed by atoms with Gasteiger partial charge in [-0.25, -0.2) is 15.0 Å². The van der Waals surface area contributed by atoms with Gasteiger partial charge in [-0.05, 0) is 36.6 Å². The van der Waals surface area contributed by atoms with Crippen molar-refractivity contribution in [3.8, 4) is 10.6 Å². The number of nitrogens with one attached hydrogen (secondary N) is 1. The summed E-state index contributed by atoms with van der Waals surface area (Å²) in [4.78, 5) is 39.0. The van der Waals surface area contributed by atoms with Crippen LogP contribution in [0.3, 0.4) is 0 Å². The van der Waals surface area contributed by atoms with E-state index in [1.807, 2.05) is 51.1 Å². The number of nitrogens with zero attached hydrogens (tertiary/aromatic N) is 4. The maximum absolute atomic E-state index is 12.6. The molecule has 152 valence electrons. The minimum atomic E-state index is -0.289. The lowest BCUT2D eigenvalue weighted by Gasteiger charge is -2.12. The molecular weight excluding hydrogens is 398 g/mol. The van der Waals surface area contributed by atoms with E-state index < -0.39 is 0 Å². The van der Waals surface area contributed by atoms with Crippen LogP contribution in [0.25, 0.3) is 20.9 Å². The number of pyridine rings is 1. The fraction of sp³-hybridized carbons (Fsp3) is 0.227. The first-order chi connectivity index (χ1) is 14.4. The number of hydrogen-bond acceptors (Lipinski definition) is 6. The Labute approximate surface area is 177 Å². The number of carbonyl (C=O) groups excluding carboxylic acids is 1. The highest BCUT2D eigenvalue weighted by molar-refractivity contribution is 7.21. The highest BCUT2D eigenvalue weighted by Crippen LogP contribution is 2.33. The van der Waals surface area contributed by atoms with Crippen molar-refractivity contribution in [2.75, 3.05) is 5.32 Å². The average Bonchev–Trinajstić information content (AvgIpc) is 3.15. The second-order valence-corrected chi connectivity index (χ2v) is 8.29. The van der Waals surface area contributed by atoms with Crippen LogP contribution in [0.4, 0.5) is 5.69 Å². The fourth-order valence-corrected chi connectivity index (χ4v) is 4.10. The van der Waals surface area contributed by atoms with Crippen LogP contribution in [0.2, 0.25) is 0 Å². The van der Waals surface area contributed by atoms with Crippen LogP contribution in [0.1, 0.15) is 31.0 Å². The lowest BCUT2D eigenvalue weighted by Crippen LogP contribution is -2.28. The molecule has 1 amide bonds. The van der Waals surface area contributed by atoms with Crippen LogP contribution in [0, 0.1) is 6.92 Å². The van der Waals surface area contributed by atoms with Gasteiger partial charge in [0.15, 0.2) is 0 Å². The van der Waals surface area contributed by atoms with Gasteiger partial charge in [-0.1, -0.05) is 37.3 Å². The highest BCUT2D eigenvalue weighted by atomic mass is 32.1. The third-order valence-corrected chi connectivity index (χ3v) is 5.82. The SMILES string of the molecule is Cc1c(NC(=O)Cn2cnc(C(C)C)cc2=O)cccc1-c1nc2cccnc2s1. The molecule has 0 unspecified atom stereocenters. The van der Waals surface area contributed by atoms with Crippen molar-refractivity contribution >= 4 is 33.3 Å². The van der Waals surface area contributed by atoms with Crippen LogP contribution in [-0.4, -0.2) is 25.4 Å². The number of anilines is 1. The Morgan fingerprint density at radius 3 is 2.77 bits per heavy atom. The number of carbonyl (C=O) groups is 1. The van der Waals surface area contributed by atoms with Crippen molar-refractivity contribution in [3.63, 3.8) is 0 Å². The van der Waals surface area contributed by atoms with Crippen LogP contribution in [-0.2, 0) is 11.3 Å². The van der Waals surface area contributed by atoms with Crippen molar-refractivity contribution in [1.82, 2.24) is 19.5 Å². The molecule has 8 heteroatoms. The standard InChI is InChI=1S/C22H21N5O2S/c1-13(2)18-10-20(29)27(12-24-18)11-19(28)25-16-7-4-6-15(14(16)3)21-26-17-8-5-9-23-22(17)30-21/h4-10,12-13H,11H2,1-3H3,(H,25,28). The molecule has 0 bridgehead atoms. The predicted octanol–water partition coefficient (Wildman–Crippen LogP) is 3.99. The monoisotopic (exact) mass is 419 g/mol. The Kier molecular flexibility index (Phi) is 5.41. The van der Waals surface area contributed by atoms with E-state index in [9.17, 15) is 9.59 Å². The molecule has 0 atom stereocenters. The summed E-state index contributed by atoms with van der Waals surface area (Å²) in [5.41, 5.74) is 3.86. The van der Waals surface area contributed by atoms with Gasteiger partial charge in [0.25, 0.3) is 5.56 Å². The zero-order valence-electron chi connectivity index (χ0n) is 16.9. The number of benzene rings is 1. The Morgan fingerprint density at radius 1 is 1.20 bits per heavy atom. The number of amides is 1. The normalized spacial score (nSPS) is 11.2. The Morgan fingerprint density at radius 2 is 2.03 bits per heavy atom. The average molecular weight is 420 g/mol. The summed E-state index contributed by atoms with van der Waals surface area (Å²) >= 11 is 1.51. The summed E-state index contributed by atoms with van der Waals surface area (Å²) in [6, 6.07) is 11.0. The summed E-state index contributed by atoms with van der Waals surface area (Å²) < 4.78 is 1.31. The Hall–Kier alpha value is -3.39. The van der Waals surface area contributed by atoms with Gasteiger partial charge in [0, 0.05) is 23.5 Å². The van der Waals surface area contributed by atoms with E-state index >= 15 is 0 Å². The quantitative estimate of drug-likeness (QED) is 0.528. The van der Waals surface area contributed by atoms with Crippen LogP contribution < -0.4 is 10.9 Å². The van der Waals surface area contributed by atoms with Crippen molar-refractivity contribution in [3.05, 3.63) is 70.5 Å². The number of rotatable bonds is 5. The summed E-state index contributed by atoms with van der Waals surface area (Å²) in [6.45, 7) is 5.78. The van der Waals surface area contributed by atoms with Gasteiger partial charge in [-0.3, -0.25) is 14.2 Å². The van der Waals surface area contributed by atoms with Gasteiger partial charge >= 0.3 is 0 Å². The minimum absolute atomic E-state index is 0.0983. The Bertz CT molecular complexity index is 1260. The maximum atomic E-state index is 12.6. The fourth-order valence-electron chi connectivity index (χ4n) is 3.11. The molecule has 4 aromatic rings. The maximum Gasteiger partial charge on any atom is 0.254 e. The molecule has 0 aliphatic carbocycles. The van der Waals surface area contributed by atoms with Crippen LogP contribution in [0.5, 0.6) is 0 Å². The molecule has 1 aromatic carbocycles. The predicted molar refractivity (Wildman–Crippen MR) is 119 cm³/mol. The molecule has 0 aliphatic rings. The Balaban J connectivity index is 1.56. The molecule has 3 heterocycles. The second-order valence-electron chi connectivity index (χ2n) is 7.31. The zero-order chi connectivity index (χ0) is 21.3. The number of hydrogen-bond donors (Lipinski definition) is 1. The number of thiazole rings is 1. The smallest absolute Gasteiger partial charge is 0.254 e. The van der Waals surface area contributed by atoms with E-state index in [1.165, 1.54) is 28.3 Å². The third kappa shape index (κ3) is 3.99. The second kappa shape index (κ2) is 8.16. The van der Waals surface area contributed by atoms with Gasteiger partial charge in [-0.2, -0.15) is 0 Å². The van der Waals surface area contributed by atoms with Gasteiger partial charge in [0.2, 0.25) is 5.91 Å².